The lowest BCUT2D eigenvalue weighted by Gasteiger charge is -2.32. The van der Waals surface area contributed by atoms with Crippen LogP contribution in [0.1, 0.15) is 41.9 Å². The largest absolute Gasteiger partial charge is 0.493 e. The molecule has 1 amide bonds. The van der Waals surface area contributed by atoms with E-state index in [9.17, 15) is 4.79 Å². The van der Waals surface area contributed by atoms with Crippen molar-refractivity contribution in [2.45, 2.75) is 25.7 Å². The van der Waals surface area contributed by atoms with Gasteiger partial charge >= 0.3 is 0 Å². The van der Waals surface area contributed by atoms with Crippen LogP contribution in [0.5, 0.6) is 5.75 Å². The molecule has 0 unspecified atom stereocenters. The number of aromatic nitrogens is 3. The van der Waals surface area contributed by atoms with E-state index in [2.05, 4.69) is 10.2 Å². The van der Waals surface area contributed by atoms with E-state index in [4.69, 9.17) is 17.0 Å². The van der Waals surface area contributed by atoms with Crippen LogP contribution < -0.4 is 4.74 Å². The van der Waals surface area contributed by atoms with Gasteiger partial charge in [-0.3, -0.25) is 9.89 Å². The molecule has 0 radical (unpaired) electrons. The smallest absolute Gasteiger partial charge is 0.257 e. The highest BCUT2D eigenvalue weighted by Crippen LogP contribution is 2.28. The van der Waals surface area contributed by atoms with Gasteiger partial charge in [-0.1, -0.05) is 12.1 Å². The van der Waals surface area contributed by atoms with E-state index in [1.807, 2.05) is 47.7 Å². The molecule has 0 bridgehead atoms. The van der Waals surface area contributed by atoms with Gasteiger partial charge in [-0.15, -0.1) is 0 Å². The fourth-order valence-electron chi connectivity index (χ4n) is 3.19. The quantitative estimate of drug-likeness (QED) is 0.865. The van der Waals surface area contributed by atoms with E-state index in [1.54, 1.807) is 0 Å². The fraction of sp³-hybridized carbons (Fsp3) is 0.471. The van der Waals surface area contributed by atoms with Crippen molar-refractivity contribution < 1.29 is 9.53 Å². The van der Waals surface area contributed by atoms with E-state index in [0.29, 0.717) is 29.2 Å². The third kappa shape index (κ3) is 3.21. The number of rotatable bonds is 4. The van der Waals surface area contributed by atoms with Gasteiger partial charge in [-0.25, -0.2) is 0 Å². The summed E-state index contributed by atoms with van der Waals surface area (Å²) in [5.41, 5.74) is 0.621. The number of para-hydroxylation sites is 1. The summed E-state index contributed by atoms with van der Waals surface area (Å²) in [5.74, 6) is 1.77. The Hall–Kier alpha value is -2.15. The Morgan fingerprint density at radius 3 is 2.96 bits per heavy atom. The summed E-state index contributed by atoms with van der Waals surface area (Å²) in [4.78, 5) is 14.8. The first-order valence-electron chi connectivity index (χ1n) is 8.24. The SMILES string of the molecule is CCOc1ccccc1C(=O)N1CCC[C@@H](c2n[nH]c(=S)n2C)C1. The minimum atomic E-state index is 0.0144. The van der Waals surface area contributed by atoms with Crippen molar-refractivity contribution in [2.75, 3.05) is 19.7 Å². The van der Waals surface area contributed by atoms with Gasteiger partial charge < -0.3 is 14.2 Å². The molecule has 0 saturated carbocycles. The molecule has 1 aliphatic heterocycles. The number of H-pyrrole nitrogens is 1. The van der Waals surface area contributed by atoms with Gasteiger partial charge in [0.05, 0.1) is 12.2 Å². The number of nitrogens with zero attached hydrogens (tertiary/aromatic N) is 3. The Labute approximate surface area is 146 Å². The minimum Gasteiger partial charge on any atom is -0.493 e. The summed E-state index contributed by atoms with van der Waals surface area (Å²) in [6.45, 7) is 3.86. The molecule has 1 aromatic heterocycles. The van der Waals surface area contributed by atoms with Crippen molar-refractivity contribution in [1.29, 1.82) is 0 Å². The highest BCUT2D eigenvalue weighted by atomic mass is 32.1. The van der Waals surface area contributed by atoms with Crippen LogP contribution in [0.15, 0.2) is 24.3 Å². The van der Waals surface area contributed by atoms with E-state index >= 15 is 0 Å². The summed E-state index contributed by atoms with van der Waals surface area (Å²) in [7, 11) is 1.91. The Balaban J connectivity index is 1.81. The number of likely N-dealkylation sites (tertiary alicyclic amines) is 1. The second-order valence-corrected chi connectivity index (χ2v) is 6.35. The zero-order chi connectivity index (χ0) is 17.1. The molecule has 1 saturated heterocycles. The van der Waals surface area contributed by atoms with Crippen LogP contribution in [-0.2, 0) is 7.05 Å². The zero-order valence-corrected chi connectivity index (χ0v) is 14.8. The Morgan fingerprint density at radius 1 is 1.46 bits per heavy atom. The van der Waals surface area contributed by atoms with E-state index in [0.717, 1.165) is 25.2 Å². The molecule has 6 nitrogen and oxygen atoms in total. The second kappa shape index (κ2) is 7.17. The van der Waals surface area contributed by atoms with Crippen molar-refractivity contribution >= 4 is 18.1 Å². The average Bonchev–Trinajstić information content (AvgIpc) is 2.94. The maximum absolute atomic E-state index is 13.0. The fourth-order valence-corrected chi connectivity index (χ4v) is 3.33. The normalized spacial score (nSPS) is 17.8. The predicted molar refractivity (Wildman–Crippen MR) is 93.9 cm³/mol. The lowest BCUT2D eigenvalue weighted by Crippen LogP contribution is -2.39. The monoisotopic (exact) mass is 346 g/mol. The molecule has 1 N–H and O–H groups in total. The number of nitrogens with one attached hydrogen (secondary N) is 1. The van der Waals surface area contributed by atoms with Crippen molar-refractivity contribution in [3.05, 3.63) is 40.4 Å². The molecule has 1 aliphatic rings. The molecule has 0 spiro atoms. The van der Waals surface area contributed by atoms with Crippen LogP contribution in [0.2, 0.25) is 0 Å². The highest BCUT2D eigenvalue weighted by molar-refractivity contribution is 7.71. The summed E-state index contributed by atoms with van der Waals surface area (Å²) in [6, 6.07) is 7.42. The molecule has 7 heteroatoms. The number of aromatic amines is 1. The summed E-state index contributed by atoms with van der Waals surface area (Å²) >= 11 is 5.19. The highest BCUT2D eigenvalue weighted by Gasteiger charge is 2.29. The number of piperidine rings is 1. The van der Waals surface area contributed by atoms with Crippen LogP contribution >= 0.6 is 12.2 Å². The van der Waals surface area contributed by atoms with E-state index in [1.165, 1.54) is 0 Å². The molecule has 128 valence electrons. The van der Waals surface area contributed by atoms with Gasteiger partial charge in [-0.2, -0.15) is 5.10 Å². The number of benzene rings is 1. The molecule has 3 rings (SSSR count). The van der Waals surface area contributed by atoms with Crippen LogP contribution in [0.3, 0.4) is 0 Å². The number of hydrogen-bond donors (Lipinski definition) is 1. The van der Waals surface area contributed by atoms with Gasteiger partial charge in [0.15, 0.2) is 4.77 Å². The van der Waals surface area contributed by atoms with Crippen LogP contribution in [0.4, 0.5) is 0 Å². The Bertz CT molecular complexity index is 783. The predicted octanol–water partition coefficient (Wildman–Crippen LogP) is 2.90. The third-order valence-electron chi connectivity index (χ3n) is 4.41. The van der Waals surface area contributed by atoms with Crippen molar-refractivity contribution in [3.63, 3.8) is 0 Å². The average molecular weight is 346 g/mol. The molecule has 0 aliphatic carbocycles. The molecular weight excluding hydrogens is 324 g/mol. The minimum absolute atomic E-state index is 0.0144. The topological polar surface area (TPSA) is 63.1 Å². The number of ether oxygens (including phenoxy) is 1. The molecule has 2 aromatic rings. The second-order valence-electron chi connectivity index (χ2n) is 5.97. The molecule has 2 heterocycles. The maximum atomic E-state index is 13.0. The van der Waals surface area contributed by atoms with Gasteiger partial charge in [0.25, 0.3) is 5.91 Å². The van der Waals surface area contributed by atoms with Gasteiger partial charge in [0, 0.05) is 26.1 Å². The van der Waals surface area contributed by atoms with Crippen LogP contribution in [0.25, 0.3) is 0 Å². The lowest BCUT2D eigenvalue weighted by molar-refractivity contribution is 0.0699. The van der Waals surface area contributed by atoms with E-state index < -0.39 is 0 Å². The number of carbonyl (C=O) groups is 1. The summed E-state index contributed by atoms with van der Waals surface area (Å²) in [6.07, 6.45) is 1.96. The van der Waals surface area contributed by atoms with Gasteiger partial charge in [-0.05, 0) is 44.1 Å². The first-order chi connectivity index (χ1) is 11.6. The molecule has 1 atom stereocenters. The van der Waals surface area contributed by atoms with Crippen LogP contribution in [-0.4, -0.2) is 45.3 Å². The molecule has 1 aromatic carbocycles. The number of carbonyl (C=O) groups excluding carboxylic acids is 1. The molecule has 1 fully saturated rings. The van der Waals surface area contributed by atoms with Crippen molar-refractivity contribution in [2.24, 2.45) is 7.05 Å². The van der Waals surface area contributed by atoms with Gasteiger partial charge in [0.1, 0.15) is 11.6 Å². The number of amides is 1. The lowest BCUT2D eigenvalue weighted by atomic mass is 9.96. The maximum Gasteiger partial charge on any atom is 0.257 e. The van der Waals surface area contributed by atoms with Crippen molar-refractivity contribution in [3.8, 4) is 5.75 Å². The Kier molecular flexibility index (Phi) is 4.99. The Morgan fingerprint density at radius 2 is 2.25 bits per heavy atom. The molecular formula is C17H22N4O2S. The van der Waals surface area contributed by atoms with Gasteiger partial charge in [0.2, 0.25) is 0 Å². The first kappa shape index (κ1) is 16.7. The van der Waals surface area contributed by atoms with Crippen LogP contribution in [0, 0.1) is 4.77 Å². The van der Waals surface area contributed by atoms with Crippen molar-refractivity contribution in [1.82, 2.24) is 19.7 Å². The summed E-state index contributed by atoms with van der Waals surface area (Å²) in [5, 5.41) is 7.16. The first-order valence-corrected chi connectivity index (χ1v) is 8.65. The zero-order valence-electron chi connectivity index (χ0n) is 14.0. The number of hydrogen-bond acceptors (Lipinski definition) is 4. The molecule has 24 heavy (non-hydrogen) atoms. The standard InChI is InChI=1S/C17H22N4O2S/c1-3-23-14-9-5-4-8-13(14)16(22)21-10-6-7-12(11-21)15-18-19-17(24)20(15)2/h4-5,8-9,12H,3,6-7,10-11H2,1-2H3,(H,19,24)/t12-/m1/s1. The summed E-state index contributed by atoms with van der Waals surface area (Å²) < 4.78 is 8.10. The van der Waals surface area contributed by atoms with E-state index in [-0.39, 0.29) is 11.8 Å². The third-order valence-corrected chi connectivity index (χ3v) is 4.77.